The number of carbonyl (C=O) groups is 2. The van der Waals surface area contributed by atoms with Gasteiger partial charge in [-0.15, -0.1) is 0 Å². The maximum absolute atomic E-state index is 14.4. The van der Waals surface area contributed by atoms with Crippen LogP contribution < -0.4 is 10.2 Å². The largest absolute Gasteiger partial charge is 0.310 e. The summed E-state index contributed by atoms with van der Waals surface area (Å²) in [5.74, 6) is -1.42. The molecular weight excluding hydrogens is 481 g/mol. The first-order valence-electron chi connectivity index (χ1n) is 10.6. The molecule has 10 heteroatoms. The van der Waals surface area contributed by atoms with Crippen LogP contribution in [0.3, 0.4) is 0 Å². The Kier molecular flexibility index (Phi) is 6.67. The van der Waals surface area contributed by atoms with Crippen molar-refractivity contribution in [3.63, 3.8) is 0 Å². The summed E-state index contributed by atoms with van der Waals surface area (Å²) in [6, 6.07) is 13.7. The fourth-order valence-corrected chi connectivity index (χ4v) is 4.84. The minimum absolute atomic E-state index is 0.0658. The second kappa shape index (κ2) is 9.52. The van der Waals surface area contributed by atoms with Gasteiger partial charge < -0.3 is 10.2 Å². The van der Waals surface area contributed by atoms with Gasteiger partial charge in [0.1, 0.15) is 11.6 Å². The van der Waals surface area contributed by atoms with Crippen LogP contribution in [0.4, 0.5) is 15.9 Å². The summed E-state index contributed by atoms with van der Waals surface area (Å²) in [5.41, 5.74) is 1.65. The summed E-state index contributed by atoms with van der Waals surface area (Å²) in [6.07, 6.45) is 0.175. The fraction of sp³-hybridized carbons (Fsp3) is 0.208. The van der Waals surface area contributed by atoms with Gasteiger partial charge >= 0.3 is 0 Å². The number of halogens is 2. The molecule has 3 aromatic rings. The van der Waals surface area contributed by atoms with Crippen LogP contribution >= 0.6 is 11.6 Å². The average molecular weight is 502 g/mol. The predicted octanol–water partition coefficient (Wildman–Crippen LogP) is 4.05. The number of para-hydroxylation sites is 1. The molecule has 1 N–H and O–H groups in total. The molecule has 0 saturated heterocycles. The predicted molar refractivity (Wildman–Crippen MR) is 128 cm³/mol. The van der Waals surface area contributed by atoms with Gasteiger partial charge in [-0.1, -0.05) is 36.7 Å². The van der Waals surface area contributed by atoms with Crippen LogP contribution in [-0.2, 0) is 27.5 Å². The number of nitrogens with zero attached hydrogens (tertiary/aromatic N) is 2. The number of carbonyl (C=O) groups excluding carboxylic acids is 2. The van der Waals surface area contributed by atoms with Crippen molar-refractivity contribution in [3.05, 3.63) is 82.3 Å². The maximum atomic E-state index is 14.4. The molecule has 4 rings (SSSR count). The van der Waals surface area contributed by atoms with Crippen molar-refractivity contribution in [2.24, 2.45) is 0 Å². The summed E-state index contributed by atoms with van der Waals surface area (Å²) in [5, 5.41) is 3.09. The molecule has 0 spiro atoms. The van der Waals surface area contributed by atoms with E-state index in [1.807, 2.05) is 0 Å². The standard InChI is InChI=1S/C24H21ClFN3O4S/c1-2-34(32,33)16-8-7-15(19(26)14-16)13-23(30)28-22-10-9-17-20(27-22)11-12-29(24(17)31)21-6-4-3-5-18(21)25/h3-10,14H,2,11-13H2,1H3,(H,27,28,30). The molecule has 34 heavy (non-hydrogen) atoms. The molecule has 0 saturated carbocycles. The number of fused-ring (bicyclic) bond motifs is 1. The Morgan fingerprint density at radius 1 is 1.18 bits per heavy atom. The van der Waals surface area contributed by atoms with E-state index in [0.717, 1.165) is 6.07 Å². The quantitative estimate of drug-likeness (QED) is 0.549. The van der Waals surface area contributed by atoms with Crippen molar-refractivity contribution in [1.29, 1.82) is 0 Å². The number of sulfone groups is 1. The van der Waals surface area contributed by atoms with Crippen molar-refractivity contribution >= 4 is 44.8 Å². The lowest BCUT2D eigenvalue weighted by Gasteiger charge is -2.29. The van der Waals surface area contributed by atoms with Crippen molar-refractivity contribution in [2.45, 2.75) is 24.7 Å². The fourth-order valence-electron chi connectivity index (χ4n) is 3.71. The summed E-state index contributed by atoms with van der Waals surface area (Å²) < 4.78 is 38.2. The van der Waals surface area contributed by atoms with Gasteiger partial charge in [0, 0.05) is 13.0 Å². The normalized spacial score (nSPS) is 13.5. The Labute approximate surface area is 201 Å². The van der Waals surface area contributed by atoms with Crippen molar-refractivity contribution in [1.82, 2.24) is 4.98 Å². The van der Waals surface area contributed by atoms with Gasteiger partial charge in [-0.05, 0) is 42.0 Å². The lowest BCUT2D eigenvalue weighted by Crippen LogP contribution is -2.38. The third-order valence-corrected chi connectivity index (χ3v) is 7.60. The van der Waals surface area contributed by atoms with Crippen molar-refractivity contribution in [2.75, 3.05) is 22.5 Å². The number of aromatic nitrogens is 1. The zero-order chi connectivity index (χ0) is 24.5. The van der Waals surface area contributed by atoms with Crippen molar-refractivity contribution in [3.8, 4) is 0 Å². The molecule has 2 aromatic carbocycles. The number of pyridine rings is 1. The van der Waals surface area contributed by atoms with E-state index < -0.39 is 21.6 Å². The first-order valence-corrected chi connectivity index (χ1v) is 12.6. The number of hydrogen-bond donors (Lipinski definition) is 1. The Hall–Kier alpha value is -3.30. The Morgan fingerprint density at radius 3 is 2.65 bits per heavy atom. The molecule has 0 bridgehead atoms. The summed E-state index contributed by atoms with van der Waals surface area (Å²) in [7, 11) is -3.54. The molecule has 2 heterocycles. The number of benzene rings is 2. The summed E-state index contributed by atoms with van der Waals surface area (Å²) in [4.78, 5) is 31.3. The van der Waals surface area contributed by atoms with E-state index in [-0.39, 0.29) is 34.4 Å². The lowest BCUT2D eigenvalue weighted by molar-refractivity contribution is -0.115. The van der Waals surface area contributed by atoms with Gasteiger partial charge in [0.2, 0.25) is 5.91 Å². The molecule has 1 aliphatic rings. The van der Waals surface area contributed by atoms with Crippen LogP contribution in [-0.4, -0.2) is 37.5 Å². The van der Waals surface area contributed by atoms with Gasteiger partial charge in [0.05, 0.1) is 39.0 Å². The third kappa shape index (κ3) is 4.80. The molecule has 0 atom stereocenters. The highest BCUT2D eigenvalue weighted by atomic mass is 35.5. The molecule has 0 unspecified atom stereocenters. The van der Waals surface area contributed by atoms with Gasteiger partial charge in [0.25, 0.3) is 5.91 Å². The third-order valence-electron chi connectivity index (χ3n) is 5.55. The van der Waals surface area contributed by atoms with Crippen LogP contribution in [0.5, 0.6) is 0 Å². The monoisotopic (exact) mass is 501 g/mol. The topological polar surface area (TPSA) is 96.4 Å². The lowest BCUT2D eigenvalue weighted by atomic mass is 10.0. The number of nitrogens with one attached hydrogen (secondary N) is 1. The molecule has 0 fully saturated rings. The highest BCUT2D eigenvalue weighted by Gasteiger charge is 2.28. The Morgan fingerprint density at radius 2 is 1.94 bits per heavy atom. The first kappa shape index (κ1) is 23.8. The minimum atomic E-state index is -3.54. The van der Waals surface area contributed by atoms with E-state index in [2.05, 4.69) is 10.3 Å². The Balaban J connectivity index is 1.47. The van der Waals surface area contributed by atoms with E-state index in [0.29, 0.717) is 34.9 Å². The van der Waals surface area contributed by atoms with Gasteiger partial charge in [-0.2, -0.15) is 0 Å². The van der Waals surface area contributed by atoms with E-state index in [1.54, 1.807) is 35.2 Å². The molecule has 7 nitrogen and oxygen atoms in total. The van der Waals surface area contributed by atoms with Crippen LogP contribution in [0.2, 0.25) is 5.02 Å². The van der Waals surface area contributed by atoms with Crippen LogP contribution in [0.1, 0.15) is 28.5 Å². The highest BCUT2D eigenvalue weighted by molar-refractivity contribution is 7.91. The van der Waals surface area contributed by atoms with Gasteiger partial charge in [-0.25, -0.2) is 17.8 Å². The summed E-state index contributed by atoms with van der Waals surface area (Å²) >= 11 is 6.23. The number of anilines is 2. The molecule has 0 aliphatic carbocycles. The Bertz CT molecular complexity index is 1390. The maximum Gasteiger partial charge on any atom is 0.260 e. The molecule has 1 aromatic heterocycles. The van der Waals surface area contributed by atoms with Gasteiger partial charge in [0.15, 0.2) is 9.84 Å². The SMILES string of the molecule is CCS(=O)(=O)c1ccc(CC(=O)Nc2ccc3c(n2)CCN(c2ccccc2Cl)C3=O)c(F)c1. The molecule has 2 amide bonds. The van der Waals surface area contributed by atoms with Crippen LogP contribution in [0, 0.1) is 5.82 Å². The smallest absolute Gasteiger partial charge is 0.260 e. The summed E-state index contributed by atoms with van der Waals surface area (Å²) in [6.45, 7) is 1.86. The number of hydrogen-bond acceptors (Lipinski definition) is 5. The van der Waals surface area contributed by atoms with Gasteiger partial charge in [-0.3, -0.25) is 9.59 Å². The minimum Gasteiger partial charge on any atom is -0.310 e. The average Bonchev–Trinajstić information content (AvgIpc) is 2.81. The molecule has 176 valence electrons. The van der Waals surface area contributed by atoms with Crippen molar-refractivity contribution < 1.29 is 22.4 Å². The van der Waals surface area contributed by atoms with Crippen LogP contribution in [0.15, 0.2) is 59.5 Å². The van der Waals surface area contributed by atoms with E-state index >= 15 is 0 Å². The number of rotatable bonds is 6. The zero-order valence-corrected chi connectivity index (χ0v) is 19.8. The highest BCUT2D eigenvalue weighted by Crippen LogP contribution is 2.30. The number of amides is 2. The zero-order valence-electron chi connectivity index (χ0n) is 18.2. The molecule has 0 radical (unpaired) electrons. The van der Waals surface area contributed by atoms with E-state index in [1.165, 1.54) is 25.1 Å². The molecular formula is C24H21ClFN3O4S. The second-order valence-corrected chi connectivity index (χ2v) is 10.4. The van der Waals surface area contributed by atoms with Crippen LogP contribution in [0.25, 0.3) is 0 Å². The van der Waals surface area contributed by atoms with E-state index in [4.69, 9.17) is 11.6 Å². The second-order valence-electron chi connectivity index (χ2n) is 7.73. The van der Waals surface area contributed by atoms with E-state index in [9.17, 15) is 22.4 Å². The first-order chi connectivity index (χ1) is 16.2. The molecule has 1 aliphatic heterocycles.